The summed E-state index contributed by atoms with van der Waals surface area (Å²) >= 11 is 7.89. The van der Waals surface area contributed by atoms with Crippen molar-refractivity contribution in [1.82, 2.24) is 4.90 Å². The lowest BCUT2D eigenvalue weighted by Crippen LogP contribution is -2.33. The maximum Gasteiger partial charge on any atom is 0.123 e. The molecule has 1 heterocycles. The predicted molar refractivity (Wildman–Crippen MR) is 135 cm³/mol. The number of benzene rings is 3. The maximum atomic E-state index is 13.1. The van der Waals surface area contributed by atoms with Crippen molar-refractivity contribution < 1.29 is 9.13 Å². The first-order valence-electron chi connectivity index (χ1n) is 11.0. The van der Waals surface area contributed by atoms with Gasteiger partial charge >= 0.3 is 0 Å². The molecular formula is C28H27ClFNOS. The van der Waals surface area contributed by atoms with Crippen LogP contribution in [-0.2, 0) is 26.1 Å². The van der Waals surface area contributed by atoms with E-state index >= 15 is 0 Å². The number of ether oxygens (including phenoxy) is 1. The van der Waals surface area contributed by atoms with Crippen LogP contribution in [0.2, 0.25) is 5.02 Å². The van der Waals surface area contributed by atoms with E-state index in [2.05, 4.69) is 53.6 Å². The molecular weight excluding hydrogens is 453 g/mol. The van der Waals surface area contributed by atoms with Crippen LogP contribution in [0, 0.1) is 5.82 Å². The van der Waals surface area contributed by atoms with Crippen LogP contribution in [-0.4, -0.2) is 10.9 Å². The Kier molecular flexibility index (Phi) is 8.16. The van der Waals surface area contributed by atoms with Crippen LogP contribution in [0.3, 0.4) is 0 Å². The average Bonchev–Trinajstić information content (AvgIpc) is 3.33. The van der Waals surface area contributed by atoms with Gasteiger partial charge in [-0.2, -0.15) is 0 Å². The van der Waals surface area contributed by atoms with Gasteiger partial charge in [0.25, 0.3) is 0 Å². The molecule has 5 heteroatoms. The Hall–Kier alpha value is -2.66. The van der Waals surface area contributed by atoms with Gasteiger partial charge in [-0.3, -0.25) is 4.90 Å². The van der Waals surface area contributed by atoms with Crippen molar-refractivity contribution in [3.8, 4) is 5.75 Å². The van der Waals surface area contributed by atoms with Crippen molar-refractivity contribution in [3.63, 3.8) is 0 Å². The second kappa shape index (κ2) is 11.5. The van der Waals surface area contributed by atoms with Crippen LogP contribution in [0.25, 0.3) is 0 Å². The molecule has 0 N–H and O–H groups in total. The Balaban J connectivity index is 1.41. The quantitative estimate of drug-likeness (QED) is 0.230. The molecule has 0 radical (unpaired) electrons. The highest BCUT2D eigenvalue weighted by molar-refractivity contribution is 7.09. The Morgan fingerprint density at radius 3 is 2.06 bits per heavy atom. The van der Waals surface area contributed by atoms with Crippen LogP contribution in [0.15, 0.2) is 90.3 Å². The van der Waals surface area contributed by atoms with E-state index in [9.17, 15) is 4.39 Å². The minimum Gasteiger partial charge on any atom is -0.489 e. The van der Waals surface area contributed by atoms with E-state index in [1.807, 2.05) is 35.6 Å². The standard InChI is InChI=1S/C28H27ClFNOS/c1-21(17-28-3-2-16-33-28)31(18-22-4-10-25(29)11-5-22)19-23-8-14-27(15-9-23)32-20-24-6-12-26(30)13-7-24/h2-16,21H,17-20H2,1H3. The molecule has 4 rings (SSSR count). The highest BCUT2D eigenvalue weighted by Gasteiger charge is 2.16. The summed E-state index contributed by atoms with van der Waals surface area (Å²) in [6.07, 6.45) is 1.02. The summed E-state index contributed by atoms with van der Waals surface area (Å²) in [4.78, 5) is 3.89. The highest BCUT2D eigenvalue weighted by Crippen LogP contribution is 2.21. The van der Waals surface area contributed by atoms with Crippen LogP contribution < -0.4 is 4.74 Å². The number of nitrogens with zero attached hydrogens (tertiary/aromatic N) is 1. The normalized spacial score (nSPS) is 12.1. The van der Waals surface area contributed by atoms with Gasteiger partial charge in [0.1, 0.15) is 18.2 Å². The molecule has 0 amide bonds. The number of halogens is 2. The topological polar surface area (TPSA) is 12.5 Å². The molecule has 0 aliphatic heterocycles. The molecule has 1 unspecified atom stereocenters. The Labute approximate surface area is 204 Å². The lowest BCUT2D eigenvalue weighted by Gasteiger charge is -2.29. The van der Waals surface area contributed by atoms with Gasteiger partial charge < -0.3 is 4.74 Å². The van der Waals surface area contributed by atoms with Gasteiger partial charge in [0.2, 0.25) is 0 Å². The third-order valence-corrected chi connectivity index (χ3v) is 6.78. The van der Waals surface area contributed by atoms with Crippen molar-refractivity contribution in [2.75, 3.05) is 0 Å². The Morgan fingerprint density at radius 2 is 1.45 bits per heavy atom. The lowest BCUT2D eigenvalue weighted by atomic mass is 10.1. The molecule has 4 aromatic rings. The maximum absolute atomic E-state index is 13.1. The summed E-state index contributed by atoms with van der Waals surface area (Å²) in [5.74, 6) is 0.568. The summed E-state index contributed by atoms with van der Waals surface area (Å²) in [7, 11) is 0. The van der Waals surface area contributed by atoms with E-state index in [1.54, 1.807) is 12.1 Å². The summed E-state index contributed by atoms with van der Waals surface area (Å²) in [5.41, 5.74) is 3.42. The zero-order chi connectivity index (χ0) is 23.0. The van der Waals surface area contributed by atoms with E-state index in [-0.39, 0.29) is 5.82 Å². The second-order valence-electron chi connectivity index (χ2n) is 8.22. The van der Waals surface area contributed by atoms with Gasteiger partial charge in [-0.1, -0.05) is 54.1 Å². The third-order valence-electron chi connectivity index (χ3n) is 5.63. The number of rotatable bonds is 10. The molecule has 33 heavy (non-hydrogen) atoms. The summed E-state index contributed by atoms with van der Waals surface area (Å²) in [6, 6.07) is 27.4. The SMILES string of the molecule is CC(Cc1cccs1)N(Cc1ccc(Cl)cc1)Cc1ccc(OCc2ccc(F)cc2)cc1. The van der Waals surface area contributed by atoms with Crippen molar-refractivity contribution in [2.24, 2.45) is 0 Å². The largest absolute Gasteiger partial charge is 0.489 e. The highest BCUT2D eigenvalue weighted by atomic mass is 35.5. The Morgan fingerprint density at radius 1 is 0.848 bits per heavy atom. The van der Waals surface area contributed by atoms with E-state index in [1.165, 1.54) is 28.1 Å². The van der Waals surface area contributed by atoms with E-state index in [0.717, 1.165) is 35.8 Å². The number of hydrogen-bond acceptors (Lipinski definition) is 3. The third kappa shape index (κ3) is 7.16. The van der Waals surface area contributed by atoms with Crippen molar-refractivity contribution in [3.05, 3.63) is 123 Å². The molecule has 0 saturated carbocycles. The van der Waals surface area contributed by atoms with Crippen LogP contribution in [0.5, 0.6) is 5.75 Å². The van der Waals surface area contributed by atoms with Crippen molar-refractivity contribution in [2.45, 2.75) is 39.1 Å². The minimum atomic E-state index is -0.237. The second-order valence-corrected chi connectivity index (χ2v) is 9.69. The average molecular weight is 480 g/mol. The zero-order valence-corrected chi connectivity index (χ0v) is 20.2. The fourth-order valence-electron chi connectivity index (χ4n) is 3.71. The fraction of sp³-hybridized carbons (Fsp3) is 0.214. The first kappa shape index (κ1) is 23.5. The van der Waals surface area contributed by atoms with Gasteiger partial charge in [0.05, 0.1) is 0 Å². The molecule has 0 bridgehead atoms. The van der Waals surface area contributed by atoms with Gasteiger partial charge in [-0.25, -0.2) is 4.39 Å². The van der Waals surface area contributed by atoms with Gasteiger partial charge in [0, 0.05) is 29.0 Å². The monoisotopic (exact) mass is 479 g/mol. The molecule has 0 saturated heterocycles. The number of thiophene rings is 1. The van der Waals surface area contributed by atoms with E-state index in [0.29, 0.717) is 12.6 Å². The van der Waals surface area contributed by atoms with Crippen LogP contribution in [0.4, 0.5) is 4.39 Å². The first-order valence-corrected chi connectivity index (χ1v) is 12.3. The fourth-order valence-corrected chi connectivity index (χ4v) is 4.67. The molecule has 0 fully saturated rings. The van der Waals surface area contributed by atoms with Gasteiger partial charge in [0.15, 0.2) is 0 Å². The van der Waals surface area contributed by atoms with Crippen molar-refractivity contribution >= 4 is 22.9 Å². The lowest BCUT2D eigenvalue weighted by molar-refractivity contribution is 0.190. The van der Waals surface area contributed by atoms with Gasteiger partial charge in [-0.15, -0.1) is 11.3 Å². The summed E-state index contributed by atoms with van der Waals surface area (Å²) < 4.78 is 18.9. The molecule has 1 atom stereocenters. The minimum absolute atomic E-state index is 0.237. The molecule has 0 aliphatic rings. The molecule has 1 aromatic heterocycles. The zero-order valence-electron chi connectivity index (χ0n) is 18.6. The smallest absolute Gasteiger partial charge is 0.123 e. The van der Waals surface area contributed by atoms with Gasteiger partial charge in [-0.05, 0) is 77.9 Å². The molecule has 0 aliphatic carbocycles. The number of hydrogen-bond donors (Lipinski definition) is 0. The van der Waals surface area contributed by atoms with Crippen LogP contribution >= 0.6 is 22.9 Å². The van der Waals surface area contributed by atoms with Crippen molar-refractivity contribution in [1.29, 1.82) is 0 Å². The molecule has 170 valence electrons. The predicted octanol–water partition coefficient (Wildman–Crippen LogP) is 7.75. The first-order chi connectivity index (χ1) is 16.0. The van der Waals surface area contributed by atoms with Crippen LogP contribution in [0.1, 0.15) is 28.5 Å². The van der Waals surface area contributed by atoms with E-state index in [4.69, 9.17) is 16.3 Å². The molecule has 0 spiro atoms. The van der Waals surface area contributed by atoms with E-state index < -0.39 is 0 Å². The molecule has 2 nitrogen and oxygen atoms in total. The summed E-state index contributed by atoms with van der Waals surface area (Å²) in [5, 5.41) is 2.89. The molecule has 3 aromatic carbocycles. The Bertz CT molecular complexity index is 1110. The summed E-state index contributed by atoms with van der Waals surface area (Å²) in [6.45, 7) is 4.40.